The van der Waals surface area contributed by atoms with Gasteiger partial charge in [-0.1, -0.05) is 0 Å². The van der Waals surface area contributed by atoms with Crippen molar-refractivity contribution in [1.82, 2.24) is 10.2 Å². The number of morpholine rings is 1. The van der Waals surface area contributed by atoms with E-state index in [2.05, 4.69) is 24.3 Å². The predicted molar refractivity (Wildman–Crippen MR) is 75.3 cm³/mol. The fourth-order valence-corrected chi connectivity index (χ4v) is 4.05. The summed E-state index contributed by atoms with van der Waals surface area (Å²) >= 11 is 0. The Kier molecular flexibility index (Phi) is 4.13. The van der Waals surface area contributed by atoms with E-state index in [9.17, 15) is 0 Å². The molecule has 2 heterocycles. The summed E-state index contributed by atoms with van der Waals surface area (Å²) in [4.78, 5) is 2.39. The molecule has 110 valence electrons. The molecule has 1 spiro atoms. The molecule has 4 nitrogen and oxygen atoms in total. The average Bonchev–Trinajstić information content (AvgIpc) is 2.38. The number of likely N-dealkylation sites (N-methyl/N-ethyl adjacent to an activating group) is 2. The Morgan fingerprint density at radius 3 is 2.79 bits per heavy atom. The minimum atomic E-state index is 0.235. The van der Waals surface area contributed by atoms with Gasteiger partial charge in [0.05, 0.1) is 18.3 Å². The number of nitrogens with one attached hydrogen (secondary N) is 1. The number of nitrogens with zero attached hydrogens (tertiary/aromatic N) is 1. The van der Waals surface area contributed by atoms with Gasteiger partial charge in [-0.25, -0.2) is 0 Å². The van der Waals surface area contributed by atoms with Crippen LogP contribution >= 0.6 is 0 Å². The third kappa shape index (κ3) is 2.82. The van der Waals surface area contributed by atoms with Crippen LogP contribution < -0.4 is 5.32 Å². The topological polar surface area (TPSA) is 33.7 Å². The van der Waals surface area contributed by atoms with Crippen LogP contribution in [0.2, 0.25) is 0 Å². The molecule has 0 aromatic heterocycles. The zero-order chi connectivity index (χ0) is 13.3. The Hall–Kier alpha value is -0.160. The zero-order valence-electron chi connectivity index (χ0n) is 12.4. The molecule has 2 aliphatic heterocycles. The highest BCUT2D eigenvalue weighted by atomic mass is 16.5. The average molecular weight is 268 g/mol. The Morgan fingerprint density at radius 1 is 1.32 bits per heavy atom. The molecule has 3 atom stereocenters. The summed E-state index contributed by atoms with van der Waals surface area (Å²) < 4.78 is 12.1. The molecule has 3 fully saturated rings. The SMILES string of the molecule is CNC(C1CCOC2(CCC2)C1)C1CN(C)CCO1. The monoisotopic (exact) mass is 268 g/mol. The Labute approximate surface area is 116 Å². The second-order valence-corrected chi connectivity index (χ2v) is 6.62. The summed E-state index contributed by atoms with van der Waals surface area (Å²) in [5.74, 6) is 0.704. The maximum absolute atomic E-state index is 6.06. The molecule has 0 bridgehead atoms. The first kappa shape index (κ1) is 13.8. The molecule has 0 radical (unpaired) electrons. The van der Waals surface area contributed by atoms with E-state index in [1.807, 2.05) is 0 Å². The van der Waals surface area contributed by atoms with E-state index < -0.39 is 0 Å². The third-order valence-electron chi connectivity index (χ3n) is 5.33. The lowest BCUT2D eigenvalue weighted by molar-refractivity contribution is -0.155. The van der Waals surface area contributed by atoms with Gasteiger partial charge in [0.25, 0.3) is 0 Å². The largest absolute Gasteiger partial charge is 0.375 e. The van der Waals surface area contributed by atoms with E-state index in [0.29, 0.717) is 18.1 Å². The van der Waals surface area contributed by atoms with Gasteiger partial charge in [0.2, 0.25) is 0 Å². The molecule has 3 rings (SSSR count). The maximum atomic E-state index is 6.06. The standard InChI is InChI=1S/C15H28N2O2/c1-16-14(13-11-17(2)7-9-18-13)12-4-8-19-15(10-12)5-3-6-15/h12-14,16H,3-11H2,1-2H3. The summed E-state index contributed by atoms with van der Waals surface area (Å²) in [6, 6.07) is 0.476. The van der Waals surface area contributed by atoms with Crippen molar-refractivity contribution >= 4 is 0 Å². The highest BCUT2D eigenvalue weighted by Gasteiger charge is 2.45. The fourth-order valence-electron chi connectivity index (χ4n) is 4.05. The molecule has 1 aliphatic carbocycles. The van der Waals surface area contributed by atoms with Gasteiger partial charge in [-0.3, -0.25) is 0 Å². The van der Waals surface area contributed by atoms with Crippen LogP contribution in [0, 0.1) is 5.92 Å². The molecule has 4 heteroatoms. The van der Waals surface area contributed by atoms with E-state index >= 15 is 0 Å². The number of hydrogen-bond donors (Lipinski definition) is 1. The molecule has 2 saturated heterocycles. The van der Waals surface area contributed by atoms with Crippen LogP contribution in [0.15, 0.2) is 0 Å². The predicted octanol–water partition coefficient (Wildman–Crippen LogP) is 1.25. The zero-order valence-corrected chi connectivity index (χ0v) is 12.4. The van der Waals surface area contributed by atoms with E-state index in [1.165, 1.54) is 32.1 Å². The van der Waals surface area contributed by atoms with Crippen molar-refractivity contribution in [1.29, 1.82) is 0 Å². The lowest BCUT2D eigenvalue weighted by atomic mass is 9.69. The summed E-state index contributed by atoms with van der Waals surface area (Å²) in [6.07, 6.45) is 6.62. The summed E-state index contributed by atoms with van der Waals surface area (Å²) in [7, 11) is 4.28. The van der Waals surface area contributed by atoms with Crippen molar-refractivity contribution in [2.24, 2.45) is 5.92 Å². The number of ether oxygens (including phenoxy) is 2. The molecular formula is C15H28N2O2. The van der Waals surface area contributed by atoms with Gasteiger partial charge in [0.1, 0.15) is 0 Å². The number of hydrogen-bond acceptors (Lipinski definition) is 4. The van der Waals surface area contributed by atoms with Gasteiger partial charge in [0.15, 0.2) is 0 Å². The molecule has 19 heavy (non-hydrogen) atoms. The molecule has 3 aliphatic rings. The van der Waals surface area contributed by atoms with Gasteiger partial charge >= 0.3 is 0 Å². The molecule has 3 unspecified atom stereocenters. The minimum absolute atomic E-state index is 0.235. The van der Waals surface area contributed by atoms with E-state index in [0.717, 1.165) is 26.3 Å². The lowest BCUT2D eigenvalue weighted by Crippen LogP contribution is -2.57. The Morgan fingerprint density at radius 2 is 2.16 bits per heavy atom. The highest BCUT2D eigenvalue weighted by molar-refractivity contribution is 4.98. The summed E-state index contributed by atoms with van der Waals surface area (Å²) in [5, 5.41) is 3.54. The first-order valence-electron chi connectivity index (χ1n) is 7.84. The molecule has 1 N–H and O–H groups in total. The van der Waals surface area contributed by atoms with Crippen LogP contribution in [0.1, 0.15) is 32.1 Å². The van der Waals surface area contributed by atoms with Gasteiger partial charge in [-0.2, -0.15) is 0 Å². The van der Waals surface area contributed by atoms with Crippen molar-refractivity contribution in [2.75, 3.05) is 40.4 Å². The van der Waals surface area contributed by atoms with Crippen molar-refractivity contribution in [3.63, 3.8) is 0 Å². The number of rotatable bonds is 3. The fraction of sp³-hybridized carbons (Fsp3) is 1.00. The summed E-state index contributed by atoms with van der Waals surface area (Å²) in [6.45, 7) is 3.92. The normalized spacial score (nSPS) is 36.9. The molecule has 1 saturated carbocycles. The van der Waals surface area contributed by atoms with Crippen molar-refractivity contribution in [3.8, 4) is 0 Å². The smallest absolute Gasteiger partial charge is 0.0857 e. The van der Waals surface area contributed by atoms with Crippen molar-refractivity contribution < 1.29 is 9.47 Å². The van der Waals surface area contributed by atoms with Gasteiger partial charge in [0, 0.05) is 25.7 Å². The van der Waals surface area contributed by atoms with Crippen LogP contribution in [-0.2, 0) is 9.47 Å². The van der Waals surface area contributed by atoms with Gasteiger partial charge < -0.3 is 19.7 Å². The summed E-state index contributed by atoms with van der Waals surface area (Å²) in [5.41, 5.74) is 0.235. The first-order chi connectivity index (χ1) is 9.22. The second kappa shape index (κ2) is 5.68. The van der Waals surface area contributed by atoms with Crippen LogP contribution in [0.4, 0.5) is 0 Å². The quantitative estimate of drug-likeness (QED) is 0.835. The molecule has 0 aromatic carbocycles. The first-order valence-corrected chi connectivity index (χ1v) is 7.84. The van der Waals surface area contributed by atoms with Crippen molar-refractivity contribution in [2.45, 2.75) is 49.9 Å². The van der Waals surface area contributed by atoms with Crippen LogP contribution in [0.25, 0.3) is 0 Å². The van der Waals surface area contributed by atoms with Crippen LogP contribution in [-0.4, -0.2) is 63.0 Å². The van der Waals surface area contributed by atoms with Crippen LogP contribution in [0.3, 0.4) is 0 Å². The van der Waals surface area contributed by atoms with Crippen molar-refractivity contribution in [3.05, 3.63) is 0 Å². The molecule has 0 aromatic rings. The Bertz CT molecular complexity index is 307. The van der Waals surface area contributed by atoms with E-state index in [-0.39, 0.29) is 5.60 Å². The van der Waals surface area contributed by atoms with Gasteiger partial charge in [-0.05, 0) is 52.1 Å². The highest BCUT2D eigenvalue weighted by Crippen LogP contribution is 2.45. The van der Waals surface area contributed by atoms with Crippen LogP contribution in [0.5, 0.6) is 0 Å². The van der Waals surface area contributed by atoms with E-state index in [1.54, 1.807) is 0 Å². The molecular weight excluding hydrogens is 240 g/mol. The molecule has 0 amide bonds. The lowest BCUT2D eigenvalue weighted by Gasteiger charge is -2.50. The maximum Gasteiger partial charge on any atom is 0.0857 e. The Balaban J connectivity index is 1.64. The third-order valence-corrected chi connectivity index (χ3v) is 5.33. The van der Waals surface area contributed by atoms with E-state index in [4.69, 9.17) is 9.47 Å². The minimum Gasteiger partial charge on any atom is -0.375 e. The second-order valence-electron chi connectivity index (χ2n) is 6.62. The van der Waals surface area contributed by atoms with Gasteiger partial charge in [-0.15, -0.1) is 0 Å².